The first kappa shape index (κ1) is 21.9. The van der Waals surface area contributed by atoms with Crippen molar-refractivity contribution in [1.29, 1.82) is 0 Å². The molecule has 0 aliphatic rings. The summed E-state index contributed by atoms with van der Waals surface area (Å²) in [6.07, 6.45) is 0. The first-order chi connectivity index (χ1) is 14.5. The Morgan fingerprint density at radius 2 is 2.03 bits per heavy atom. The van der Waals surface area contributed by atoms with Crippen molar-refractivity contribution in [1.82, 2.24) is 14.8 Å². The fourth-order valence-electron chi connectivity index (χ4n) is 2.65. The van der Waals surface area contributed by atoms with Gasteiger partial charge in [0.2, 0.25) is 5.91 Å². The number of hydrogen-bond acceptors (Lipinski definition) is 6. The molecule has 1 N–H and O–H groups in total. The number of anilines is 1. The van der Waals surface area contributed by atoms with E-state index in [4.69, 9.17) is 21.1 Å². The van der Waals surface area contributed by atoms with Crippen LogP contribution in [0.15, 0.2) is 47.6 Å². The molecule has 3 rings (SSSR count). The quantitative estimate of drug-likeness (QED) is 0.486. The van der Waals surface area contributed by atoms with Gasteiger partial charge in [-0.2, -0.15) is 0 Å². The lowest BCUT2D eigenvalue weighted by molar-refractivity contribution is -0.113. The summed E-state index contributed by atoms with van der Waals surface area (Å²) >= 11 is 7.25. The average Bonchev–Trinajstić information content (AvgIpc) is 3.14. The van der Waals surface area contributed by atoms with Crippen LogP contribution >= 0.6 is 23.4 Å². The molecule has 10 heteroatoms. The molecule has 0 saturated heterocycles. The first-order valence-electron chi connectivity index (χ1n) is 9.07. The van der Waals surface area contributed by atoms with E-state index in [9.17, 15) is 9.18 Å². The molecule has 158 valence electrons. The summed E-state index contributed by atoms with van der Waals surface area (Å²) in [6.45, 7) is 2.65. The number of methoxy groups -OCH3 is 1. The highest BCUT2D eigenvalue weighted by atomic mass is 35.5. The molecule has 0 unspecified atom stereocenters. The van der Waals surface area contributed by atoms with Gasteiger partial charge in [-0.3, -0.25) is 4.79 Å². The third-order valence-electron chi connectivity index (χ3n) is 4.07. The molecular formula is C20H20ClFN4O3S. The lowest BCUT2D eigenvalue weighted by atomic mass is 10.3. The summed E-state index contributed by atoms with van der Waals surface area (Å²) in [5.74, 6) is 1.05. The number of nitrogens with one attached hydrogen (secondary N) is 1. The number of hydrogen-bond donors (Lipinski definition) is 1. The van der Waals surface area contributed by atoms with Gasteiger partial charge in [0.25, 0.3) is 0 Å². The van der Waals surface area contributed by atoms with Crippen LogP contribution in [-0.2, 0) is 17.9 Å². The highest BCUT2D eigenvalue weighted by molar-refractivity contribution is 7.99. The van der Waals surface area contributed by atoms with Gasteiger partial charge in [-0.1, -0.05) is 35.5 Å². The second-order valence-corrected chi connectivity index (χ2v) is 7.39. The number of para-hydroxylation sites is 2. The molecule has 1 aromatic heterocycles. The van der Waals surface area contributed by atoms with E-state index < -0.39 is 5.82 Å². The zero-order valence-corrected chi connectivity index (χ0v) is 18.0. The largest absolute Gasteiger partial charge is 0.495 e. The maximum absolute atomic E-state index is 13.2. The lowest BCUT2D eigenvalue weighted by Crippen LogP contribution is -2.15. The molecule has 0 fully saturated rings. The zero-order chi connectivity index (χ0) is 21.5. The number of carbonyl (C=O) groups excluding carboxylic acids is 1. The molecule has 1 amide bonds. The van der Waals surface area contributed by atoms with Crippen LogP contribution in [-0.4, -0.2) is 33.5 Å². The van der Waals surface area contributed by atoms with Gasteiger partial charge < -0.3 is 19.4 Å². The van der Waals surface area contributed by atoms with Crippen molar-refractivity contribution in [3.05, 3.63) is 59.1 Å². The van der Waals surface area contributed by atoms with Gasteiger partial charge in [-0.25, -0.2) is 4.39 Å². The third-order valence-corrected chi connectivity index (χ3v) is 5.34. The number of benzene rings is 2. The van der Waals surface area contributed by atoms with Crippen LogP contribution in [0.5, 0.6) is 11.5 Å². The normalized spacial score (nSPS) is 10.7. The Labute approximate surface area is 182 Å². The fraction of sp³-hybridized carbons (Fsp3) is 0.250. The summed E-state index contributed by atoms with van der Waals surface area (Å²) in [6, 6.07) is 11.1. The summed E-state index contributed by atoms with van der Waals surface area (Å²) in [5, 5.41) is 11.9. The predicted molar refractivity (Wildman–Crippen MR) is 114 cm³/mol. The summed E-state index contributed by atoms with van der Waals surface area (Å²) < 4.78 is 25.9. The van der Waals surface area contributed by atoms with Crippen molar-refractivity contribution in [2.75, 3.05) is 18.2 Å². The molecule has 0 aliphatic heterocycles. The van der Waals surface area contributed by atoms with Gasteiger partial charge in [-0.05, 0) is 37.3 Å². The smallest absolute Gasteiger partial charge is 0.234 e. The molecule has 0 atom stereocenters. The van der Waals surface area contributed by atoms with E-state index in [1.807, 2.05) is 23.6 Å². The Kier molecular flexibility index (Phi) is 7.53. The highest BCUT2D eigenvalue weighted by Crippen LogP contribution is 2.27. The lowest BCUT2D eigenvalue weighted by Gasteiger charge is -2.11. The number of ether oxygens (including phenoxy) is 2. The Bertz CT molecular complexity index is 1030. The zero-order valence-electron chi connectivity index (χ0n) is 16.4. The molecule has 3 aromatic rings. The molecule has 0 radical (unpaired) electrons. The SMILES string of the molecule is CCn1c(COc2ccc(F)cc2Cl)nnc1SCC(=O)Nc1ccccc1OC. The van der Waals surface area contributed by atoms with Gasteiger partial charge in [0.1, 0.15) is 23.9 Å². The minimum atomic E-state index is -0.436. The van der Waals surface area contributed by atoms with Crippen LogP contribution in [0.4, 0.5) is 10.1 Å². The van der Waals surface area contributed by atoms with E-state index in [0.29, 0.717) is 34.7 Å². The number of rotatable bonds is 9. The molecule has 30 heavy (non-hydrogen) atoms. The molecule has 1 heterocycles. The van der Waals surface area contributed by atoms with Crippen molar-refractivity contribution in [3.63, 3.8) is 0 Å². The number of aromatic nitrogens is 3. The number of carbonyl (C=O) groups is 1. The highest BCUT2D eigenvalue weighted by Gasteiger charge is 2.15. The number of nitrogens with zero attached hydrogens (tertiary/aromatic N) is 3. The van der Waals surface area contributed by atoms with Crippen LogP contribution in [0.3, 0.4) is 0 Å². The number of halogens is 2. The third kappa shape index (κ3) is 5.43. The average molecular weight is 451 g/mol. The minimum Gasteiger partial charge on any atom is -0.495 e. The van der Waals surface area contributed by atoms with Gasteiger partial charge in [0.05, 0.1) is 23.6 Å². The van der Waals surface area contributed by atoms with Crippen LogP contribution in [0.1, 0.15) is 12.7 Å². The number of amides is 1. The Morgan fingerprint density at radius 3 is 2.77 bits per heavy atom. The maximum Gasteiger partial charge on any atom is 0.234 e. The Balaban J connectivity index is 1.60. The van der Waals surface area contributed by atoms with E-state index in [1.165, 1.54) is 30.0 Å². The predicted octanol–water partition coefficient (Wildman–Crippen LogP) is 4.41. The second-order valence-electron chi connectivity index (χ2n) is 6.04. The molecule has 0 spiro atoms. The van der Waals surface area contributed by atoms with E-state index >= 15 is 0 Å². The topological polar surface area (TPSA) is 78.3 Å². The van der Waals surface area contributed by atoms with Crippen LogP contribution in [0, 0.1) is 5.82 Å². The minimum absolute atomic E-state index is 0.111. The Hall–Kier alpha value is -2.78. The van der Waals surface area contributed by atoms with E-state index in [1.54, 1.807) is 19.2 Å². The molecule has 2 aromatic carbocycles. The van der Waals surface area contributed by atoms with Gasteiger partial charge in [0, 0.05) is 6.54 Å². The summed E-state index contributed by atoms with van der Waals surface area (Å²) in [5.41, 5.74) is 0.604. The van der Waals surface area contributed by atoms with E-state index in [0.717, 1.165) is 0 Å². The van der Waals surface area contributed by atoms with Crippen molar-refractivity contribution in [2.24, 2.45) is 0 Å². The van der Waals surface area contributed by atoms with Gasteiger partial charge in [0.15, 0.2) is 11.0 Å². The van der Waals surface area contributed by atoms with E-state index in [2.05, 4.69) is 15.5 Å². The van der Waals surface area contributed by atoms with Crippen molar-refractivity contribution in [2.45, 2.75) is 25.2 Å². The summed E-state index contributed by atoms with van der Waals surface area (Å²) in [7, 11) is 1.55. The standard InChI is InChI=1S/C20H20ClFN4O3S/c1-3-26-18(11-29-16-9-8-13(22)10-14(16)21)24-25-20(26)30-12-19(27)23-15-6-4-5-7-17(15)28-2/h4-10H,3,11-12H2,1-2H3,(H,23,27). The van der Waals surface area contributed by atoms with Crippen LogP contribution in [0.25, 0.3) is 0 Å². The maximum atomic E-state index is 13.2. The van der Waals surface area contributed by atoms with Gasteiger partial charge in [-0.15, -0.1) is 10.2 Å². The van der Waals surface area contributed by atoms with Crippen molar-refractivity contribution >= 4 is 35.0 Å². The summed E-state index contributed by atoms with van der Waals surface area (Å²) in [4.78, 5) is 12.3. The van der Waals surface area contributed by atoms with Crippen LogP contribution < -0.4 is 14.8 Å². The Morgan fingerprint density at radius 1 is 1.23 bits per heavy atom. The van der Waals surface area contributed by atoms with Gasteiger partial charge >= 0.3 is 0 Å². The van der Waals surface area contributed by atoms with E-state index in [-0.39, 0.29) is 23.3 Å². The second kappa shape index (κ2) is 10.3. The molecular weight excluding hydrogens is 431 g/mol. The van der Waals surface area contributed by atoms with Crippen molar-refractivity contribution < 1.29 is 18.7 Å². The molecule has 0 saturated carbocycles. The van der Waals surface area contributed by atoms with Crippen LogP contribution in [0.2, 0.25) is 5.02 Å². The van der Waals surface area contributed by atoms with Crippen molar-refractivity contribution in [3.8, 4) is 11.5 Å². The monoisotopic (exact) mass is 450 g/mol. The number of thioether (sulfide) groups is 1. The molecule has 7 nitrogen and oxygen atoms in total. The molecule has 0 aliphatic carbocycles. The molecule has 0 bridgehead atoms. The fourth-order valence-corrected chi connectivity index (χ4v) is 3.69. The first-order valence-corrected chi connectivity index (χ1v) is 10.4.